The number of aliphatic hydroxyl groups is 19. The Morgan fingerprint density at radius 1 is 0.396 bits per heavy atom. The fourth-order valence-electron chi connectivity index (χ4n) is 19.0. The van der Waals surface area contributed by atoms with Crippen molar-refractivity contribution in [2.45, 2.75) is 301 Å². The lowest BCUT2D eigenvalue weighted by Crippen LogP contribution is -2.69. The number of aliphatic hydroxyl groups excluding tert-OH is 19. The van der Waals surface area contributed by atoms with Crippen LogP contribution in [0.1, 0.15) is 92.4 Å². The Balaban J connectivity index is 0.766. The van der Waals surface area contributed by atoms with E-state index in [1.807, 2.05) is 0 Å². The number of hydrogen-bond donors (Lipinski definition) is 19. The second-order valence-corrected chi connectivity index (χ2v) is 30.0. The minimum absolute atomic E-state index is 0.00261. The Labute approximate surface area is 554 Å². The maximum atomic E-state index is 12.4. The van der Waals surface area contributed by atoms with Gasteiger partial charge in [0.05, 0.1) is 64.1 Å². The van der Waals surface area contributed by atoms with Gasteiger partial charge in [-0.05, 0) is 93.3 Å². The van der Waals surface area contributed by atoms with E-state index in [-0.39, 0.29) is 46.5 Å². The van der Waals surface area contributed by atoms with E-state index >= 15 is 0 Å². The van der Waals surface area contributed by atoms with Crippen molar-refractivity contribution in [3.63, 3.8) is 0 Å². The number of rotatable bonds is 17. The van der Waals surface area contributed by atoms with Gasteiger partial charge < -0.3 is 163 Å². The minimum atomic E-state index is -2.29. The summed E-state index contributed by atoms with van der Waals surface area (Å²) in [6.45, 7) is 6.11. The SMILES string of the molecule is CC1CCC2(OC1)OC1CC3C4CCC5CC(OC6OC(CO)C(OC7OC(CO)C(O)C(OC8OC(CO)C(OC9OC(C)C(O)C(O)C9O)C(O)C8O)C7OC7OC(CO)C(O)C(OC8OC(CO)C(O)C(O)C8O)C7O)C(O)C6O)CCC5(C)C4CC(O)C3(C)C1C2C. The molecule has 33 heteroatoms. The predicted octanol–water partition coefficient (Wildman–Crippen LogP) is -7.26. The second-order valence-electron chi connectivity index (χ2n) is 30.0. The molecule has 12 rings (SSSR count). The molecule has 96 heavy (non-hydrogen) atoms. The largest absolute Gasteiger partial charge is 0.394 e. The van der Waals surface area contributed by atoms with E-state index in [0.717, 1.165) is 38.5 Å². The molecular weight excluding hydrogens is 1280 g/mol. The van der Waals surface area contributed by atoms with Crippen molar-refractivity contribution in [1.82, 2.24) is 0 Å². The molecule has 8 saturated heterocycles. The monoisotopic (exact) mass is 1390 g/mol. The van der Waals surface area contributed by atoms with Crippen LogP contribution in [0.25, 0.3) is 0 Å². The lowest BCUT2D eigenvalue weighted by Gasteiger charge is -2.62. The van der Waals surface area contributed by atoms with Gasteiger partial charge in [0.15, 0.2) is 43.5 Å². The lowest BCUT2D eigenvalue weighted by atomic mass is 9.43. The first kappa shape index (κ1) is 74.4. The molecular formula is C63H104O33. The van der Waals surface area contributed by atoms with Gasteiger partial charge in [0.2, 0.25) is 0 Å². The van der Waals surface area contributed by atoms with Crippen LogP contribution in [-0.4, -0.2) is 345 Å². The molecule has 12 fully saturated rings. The van der Waals surface area contributed by atoms with Crippen LogP contribution >= 0.6 is 0 Å². The molecule has 0 bridgehead atoms. The Kier molecular flexibility index (Phi) is 22.7. The molecule has 0 radical (unpaired) electrons. The zero-order valence-corrected chi connectivity index (χ0v) is 54.4. The van der Waals surface area contributed by atoms with Crippen LogP contribution in [0.3, 0.4) is 0 Å². The normalized spacial score (nSPS) is 57.6. The van der Waals surface area contributed by atoms with Gasteiger partial charge in [-0.3, -0.25) is 0 Å². The average molecular weight is 1390 g/mol. The molecule has 43 unspecified atom stereocenters. The molecule has 8 heterocycles. The summed E-state index contributed by atoms with van der Waals surface area (Å²) >= 11 is 0. The maximum Gasteiger partial charge on any atom is 0.187 e. The van der Waals surface area contributed by atoms with Crippen molar-refractivity contribution < 1.29 is 163 Å². The molecule has 0 aromatic rings. The van der Waals surface area contributed by atoms with E-state index in [0.29, 0.717) is 37.7 Å². The van der Waals surface area contributed by atoms with Crippen molar-refractivity contribution in [2.75, 3.05) is 39.6 Å². The summed E-state index contributed by atoms with van der Waals surface area (Å²) in [5.41, 5.74) is -0.514. The molecule has 4 saturated carbocycles. The number of hydrogen-bond acceptors (Lipinski definition) is 33. The fraction of sp³-hybridized carbons (Fsp3) is 1.00. The van der Waals surface area contributed by atoms with Gasteiger partial charge in [0.1, 0.15) is 140 Å². The number of ether oxygens (including phenoxy) is 14. The first-order chi connectivity index (χ1) is 45.6. The highest BCUT2D eigenvalue weighted by Gasteiger charge is 2.72. The molecule has 33 nitrogen and oxygen atoms in total. The second kappa shape index (κ2) is 29.3. The van der Waals surface area contributed by atoms with Crippen molar-refractivity contribution in [3.8, 4) is 0 Å². The molecule has 0 aromatic heterocycles. The van der Waals surface area contributed by atoms with E-state index < -0.39 is 235 Å². The van der Waals surface area contributed by atoms with Crippen molar-refractivity contribution in [3.05, 3.63) is 0 Å². The summed E-state index contributed by atoms with van der Waals surface area (Å²) in [7, 11) is 0. The Bertz CT molecular complexity index is 2540. The van der Waals surface area contributed by atoms with Crippen LogP contribution in [0, 0.1) is 52.3 Å². The van der Waals surface area contributed by atoms with Crippen LogP contribution in [0.5, 0.6) is 0 Å². The van der Waals surface area contributed by atoms with E-state index in [1.54, 1.807) is 0 Å². The Morgan fingerprint density at radius 3 is 1.46 bits per heavy atom. The first-order valence-corrected chi connectivity index (χ1v) is 34.3. The van der Waals surface area contributed by atoms with Gasteiger partial charge >= 0.3 is 0 Å². The summed E-state index contributed by atoms with van der Waals surface area (Å²) in [6, 6.07) is 0. The highest BCUT2D eigenvalue weighted by atomic mass is 16.8. The minimum Gasteiger partial charge on any atom is -0.394 e. The van der Waals surface area contributed by atoms with Crippen LogP contribution in [0.4, 0.5) is 0 Å². The van der Waals surface area contributed by atoms with Crippen molar-refractivity contribution in [2.24, 2.45) is 52.3 Å². The van der Waals surface area contributed by atoms with Gasteiger partial charge in [-0.2, -0.15) is 0 Å². The third-order valence-corrected chi connectivity index (χ3v) is 24.7. The summed E-state index contributed by atoms with van der Waals surface area (Å²) in [6.07, 6.45) is -51.4. The fourth-order valence-corrected chi connectivity index (χ4v) is 19.0. The maximum absolute atomic E-state index is 12.4. The van der Waals surface area contributed by atoms with Gasteiger partial charge in [0, 0.05) is 23.7 Å². The quantitative estimate of drug-likeness (QED) is 0.0602. The average Bonchev–Trinajstić information content (AvgIpc) is 1.50. The molecule has 1 spiro atoms. The molecule has 43 atom stereocenters. The van der Waals surface area contributed by atoms with Crippen LogP contribution in [0.15, 0.2) is 0 Å². The topological polar surface area (TPSA) is 514 Å². The first-order valence-electron chi connectivity index (χ1n) is 34.3. The molecule has 4 aliphatic carbocycles. The molecule has 8 aliphatic heterocycles. The van der Waals surface area contributed by atoms with Gasteiger partial charge in [-0.15, -0.1) is 0 Å². The van der Waals surface area contributed by atoms with Crippen molar-refractivity contribution in [1.29, 1.82) is 0 Å². The Morgan fingerprint density at radius 2 is 0.875 bits per heavy atom. The molecule has 0 amide bonds. The zero-order valence-electron chi connectivity index (χ0n) is 54.4. The van der Waals surface area contributed by atoms with E-state index in [2.05, 4.69) is 27.7 Å². The molecule has 554 valence electrons. The third kappa shape index (κ3) is 13.0. The standard InChI is InChI=1S/C63H104O33/c1-21-8-11-63(83-20-21)22(2)36-29(96-63)13-28-26-7-6-24-12-25(9-10-61(24,4)27(26)14-35(69)62(28,36)5)85-56-47(80)43(76)51(34(19-68)89-56)92-60-54(95-59-49(82)52(39(72)31(16-65)87-59)93-57-46(79)42(75)38(71)30(15-64)86-57)53(40(73)32(17-66)88-60)94-58-48(81)44(77)50(33(18-67)90-58)91-55-45(78)41(74)37(70)23(3)84-55/h21-60,64-82H,6-20H2,1-5H3. The van der Waals surface area contributed by atoms with E-state index in [1.165, 1.54) is 6.92 Å². The predicted molar refractivity (Wildman–Crippen MR) is 314 cm³/mol. The van der Waals surface area contributed by atoms with Crippen molar-refractivity contribution >= 4 is 0 Å². The molecule has 19 N–H and O–H groups in total. The highest BCUT2D eigenvalue weighted by Crippen LogP contribution is 2.71. The van der Waals surface area contributed by atoms with Gasteiger partial charge in [-0.25, -0.2) is 0 Å². The van der Waals surface area contributed by atoms with E-state index in [4.69, 9.17) is 66.3 Å². The van der Waals surface area contributed by atoms with Crippen LogP contribution in [-0.2, 0) is 66.3 Å². The van der Waals surface area contributed by atoms with E-state index in [9.17, 15) is 97.0 Å². The molecule has 12 aliphatic rings. The van der Waals surface area contributed by atoms with Gasteiger partial charge in [0.25, 0.3) is 0 Å². The van der Waals surface area contributed by atoms with Crippen LogP contribution < -0.4 is 0 Å². The Hall–Kier alpha value is -1.32. The summed E-state index contributed by atoms with van der Waals surface area (Å²) in [5, 5.41) is 212. The zero-order chi connectivity index (χ0) is 69.1. The highest BCUT2D eigenvalue weighted by molar-refractivity contribution is 5.18. The third-order valence-electron chi connectivity index (χ3n) is 24.7. The lowest BCUT2D eigenvalue weighted by molar-refractivity contribution is -0.414. The van der Waals surface area contributed by atoms with Crippen LogP contribution in [0.2, 0.25) is 0 Å². The summed E-state index contributed by atoms with van der Waals surface area (Å²) in [5.74, 6) is 1.12. The molecule has 0 aromatic carbocycles. The smallest absolute Gasteiger partial charge is 0.187 e. The summed E-state index contributed by atoms with van der Waals surface area (Å²) < 4.78 is 85.5. The van der Waals surface area contributed by atoms with Gasteiger partial charge in [-0.1, -0.05) is 27.7 Å². The summed E-state index contributed by atoms with van der Waals surface area (Å²) in [4.78, 5) is 0. The number of fused-ring (bicyclic) bond motifs is 7.